The highest BCUT2D eigenvalue weighted by Crippen LogP contribution is 2.01. The minimum absolute atomic E-state index is 0.254. The molecule has 0 saturated heterocycles. The van der Waals surface area contributed by atoms with Gasteiger partial charge in [-0.3, -0.25) is 5.32 Å². The van der Waals surface area contributed by atoms with E-state index in [1.54, 1.807) is 0 Å². The lowest BCUT2D eigenvalue weighted by Gasteiger charge is -2.10. The van der Waals surface area contributed by atoms with Crippen molar-refractivity contribution in [2.24, 2.45) is 0 Å². The summed E-state index contributed by atoms with van der Waals surface area (Å²) < 4.78 is 0. The van der Waals surface area contributed by atoms with Crippen LogP contribution in [0, 0.1) is 11.3 Å². The Balaban J connectivity index is 2.49. The van der Waals surface area contributed by atoms with Crippen molar-refractivity contribution in [3.63, 3.8) is 0 Å². The van der Waals surface area contributed by atoms with Gasteiger partial charge in [0, 0.05) is 6.54 Å². The molecule has 1 atom stereocenters. The lowest BCUT2D eigenvalue weighted by molar-refractivity contribution is 0.661. The normalized spacial score (nSPS) is 11.7. The van der Waals surface area contributed by atoms with Crippen molar-refractivity contribution in [2.45, 2.75) is 19.5 Å². The van der Waals surface area contributed by atoms with Gasteiger partial charge in [0.1, 0.15) is 6.04 Å². The van der Waals surface area contributed by atoms with Gasteiger partial charge in [0.05, 0.1) is 6.07 Å². The molecular formula is C12H14N2. The summed E-state index contributed by atoms with van der Waals surface area (Å²) in [5.74, 6) is 0. The summed E-state index contributed by atoms with van der Waals surface area (Å²) >= 11 is 0. The highest BCUT2D eigenvalue weighted by atomic mass is 14.9. The maximum absolute atomic E-state index is 8.80. The number of hydrogen-bond donors (Lipinski definition) is 1. The average molecular weight is 186 g/mol. The third-order valence-corrected chi connectivity index (χ3v) is 1.98. The molecule has 0 heterocycles. The molecule has 0 bridgehead atoms. The largest absolute Gasteiger partial charge is 0.294 e. The summed E-state index contributed by atoms with van der Waals surface area (Å²) in [6.45, 7) is 6.31. The molecule has 0 amide bonds. The molecule has 0 aromatic heterocycles. The lowest BCUT2D eigenvalue weighted by Crippen LogP contribution is -2.27. The minimum Gasteiger partial charge on any atom is -0.294 e. The highest BCUT2D eigenvalue weighted by molar-refractivity contribution is 5.17. The molecule has 0 aliphatic heterocycles. The number of rotatable bonds is 4. The van der Waals surface area contributed by atoms with Crippen molar-refractivity contribution in [3.05, 3.63) is 48.0 Å². The van der Waals surface area contributed by atoms with E-state index in [4.69, 9.17) is 5.26 Å². The molecule has 0 aliphatic rings. The molecule has 0 radical (unpaired) electrons. The third-order valence-electron chi connectivity index (χ3n) is 1.98. The number of nitrogens with one attached hydrogen (secondary N) is 1. The molecule has 0 aliphatic carbocycles. The molecule has 1 aromatic rings. The smallest absolute Gasteiger partial charge is 0.117 e. The number of nitriles is 1. The summed E-state index contributed by atoms with van der Waals surface area (Å²) in [6.07, 6.45) is 0. The van der Waals surface area contributed by atoms with Crippen LogP contribution in [0.15, 0.2) is 42.5 Å². The Morgan fingerprint density at radius 2 is 2.14 bits per heavy atom. The second kappa shape index (κ2) is 5.21. The number of nitrogens with zero attached hydrogens (tertiary/aromatic N) is 1. The van der Waals surface area contributed by atoms with E-state index in [1.165, 1.54) is 5.56 Å². The van der Waals surface area contributed by atoms with Gasteiger partial charge in [-0.25, -0.2) is 0 Å². The summed E-state index contributed by atoms with van der Waals surface area (Å²) in [4.78, 5) is 0. The Morgan fingerprint density at radius 1 is 1.50 bits per heavy atom. The van der Waals surface area contributed by atoms with Crippen LogP contribution in [0.3, 0.4) is 0 Å². The minimum atomic E-state index is -0.254. The summed E-state index contributed by atoms with van der Waals surface area (Å²) in [6, 6.07) is 11.9. The monoisotopic (exact) mass is 186 g/mol. The first-order valence-electron chi connectivity index (χ1n) is 4.56. The van der Waals surface area contributed by atoms with Crippen LogP contribution in [0.2, 0.25) is 0 Å². The number of hydrogen-bond acceptors (Lipinski definition) is 2. The first kappa shape index (κ1) is 10.5. The van der Waals surface area contributed by atoms with Crippen LogP contribution in [-0.4, -0.2) is 6.04 Å². The van der Waals surface area contributed by atoms with Gasteiger partial charge in [-0.15, -0.1) is 0 Å². The van der Waals surface area contributed by atoms with Crippen LogP contribution >= 0.6 is 0 Å². The van der Waals surface area contributed by atoms with Crippen LogP contribution in [0.25, 0.3) is 0 Å². The maximum Gasteiger partial charge on any atom is 0.117 e. The van der Waals surface area contributed by atoms with E-state index in [9.17, 15) is 0 Å². The molecular weight excluding hydrogens is 172 g/mol. The zero-order valence-corrected chi connectivity index (χ0v) is 8.33. The lowest BCUT2D eigenvalue weighted by atomic mass is 10.1. The van der Waals surface area contributed by atoms with Crippen LogP contribution in [0.4, 0.5) is 0 Å². The third kappa shape index (κ3) is 3.04. The highest BCUT2D eigenvalue weighted by Gasteiger charge is 2.05. The molecule has 2 heteroatoms. The van der Waals surface area contributed by atoms with Crippen molar-refractivity contribution >= 4 is 0 Å². The molecule has 1 unspecified atom stereocenters. The van der Waals surface area contributed by atoms with Crippen molar-refractivity contribution in [1.29, 1.82) is 5.26 Å². The van der Waals surface area contributed by atoms with Gasteiger partial charge >= 0.3 is 0 Å². The van der Waals surface area contributed by atoms with E-state index in [0.29, 0.717) is 6.54 Å². The molecule has 0 saturated carbocycles. The van der Waals surface area contributed by atoms with Gasteiger partial charge in [0.15, 0.2) is 0 Å². The fraction of sp³-hybridized carbons (Fsp3) is 0.250. The SMILES string of the molecule is C=C(C)C(C#N)NCc1ccccc1. The second-order valence-electron chi connectivity index (χ2n) is 3.27. The van der Waals surface area contributed by atoms with Gasteiger partial charge in [0.2, 0.25) is 0 Å². The maximum atomic E-state index is 8.80. The Kier molecular flexibility index (Phi) is 3.90. The molecule has 0 spiro atoms. The van der Waals surface area contributed by atoms with Crippen LogP contribution in [-0.2, 0) is 6.54 Å². The van der Waals surface area contributed by atoms with Crippen LogP contribution in [0.5, 0.6) is 0 Å². The van der Waals surface area contributed by atoms with Crippen LogP contribution < -0.4 is 5.32 Å². The van der Waals surface area contributed by atoms with Crippen molar-refractivity contribution in [1.82, 2.24) is 5.32 Å². The Bertz CT molecular complexity index is 335. The van der Waals surface area contributed by atoms with Gasteiger partial charge < -0.3 is 0 Å². The molecule has 0 fully saturated rings. The molecule has 1 aromatic carbocycles. The first-order valence-corrected chi connectivity index (χ1v) is 4.56. The molecule has 2 nitrogen and oxygen atoms in total. The quantitative estimate of drug-likeness (QED) is 0.732. The molecule has 1 N–H and O–H groups in total. The van der Waals surface area contributed by atoms with Gasteiger partial charge in [-0.2, -0.15) is 5.26 Å². The van der Waals surface area contributed by atoms with E-state index in [-0.39, 0.29) is 6.04 Å². The topological polar surface area (TPSA) is 35.8 Å². The number of benzene rings is 1. The fourth-order valence-corrected chi connectivity index (χ4v) is 1.15. The standard InChI is InChI=1S/C12H14N2/c1-10(2)12(8-13)14-9-11-6-4-3-5-7-11/h3-7,12,14H,1,9H2,2H3. The first-order chi connectivity index (χ1) is 6.74. The molecule has 1 rings (SSSR count). The molecule has 72 valence electrons. The summed E-state index contributed by atoms with van der Waals surface area (Å²) in [7, 11) is 0. The van der Waals surface area contributed by atoms with Crippen molar-refractivity contribution in [3.8, 4) is 6.07 Å². The molecule has 14 heavy (non-hydrogen) atoms. The van der Waals surface area contributed by atoms with Gasteiger partial charge in [-0.05, 0) is 18.1 Å². The predicted molar refractivity (Wildman–Crippen MR) is 57.5 cm³/mol. The van der Waals surface area contributed by atoms with Gasteiger partial charge in [-0.1, -0.05) is 36.9 Å². The van der Waals surface area contributed by atoms with E-state index >= 15 is 0 Å². The van der Waals surface area contributed by atoms with Crippen molar-refractivity contribution < 1.29 is 0 Å². The fourth-order valence-electron chi connectivity index (χ4n) is 1.15. The van der Waals surface area contributed by atoms with E-state index < -0.39 is 0 Å². The van der Waals surface area contributed by atoms with Gasteiger partial charge in [0.25, 0.3) is 0 Å². The van der Waals surface area contributed by atoms with Crippen molar-refractivity contribution in [2.75, 3.05) is 0 Å². The Morgan fingerprint density at radius 3 is 2.64 bits per heavy atom. The average Bonchev–Trinajstić information content (AvgIpc) is 2.20. The zero-order chi connectivity index (χ0) is 10.4. The van der Waals surface area contributed by atoms with E-state index in [2.05, 4.69) is 18.0 Å². The Hall–Kier alpha value is -1.59. The Labute approximate surface area is 84.9 Å². The summed E-state index contributed by atoms with van der Waals surface area (Å²) in [5.41, 5.74) is 2.03. The van der Waals surface area contributed by atoms with Crippen LogP contribution in [0.1, 0.15) is 12.5 Å². The summed E-state index contributed by atoms with van der Waals surface area (Å²) in [5, 5.41) is 11.9. The van der Waals surface area contributed by atoms with E-state index in [1.807, 2.05) is 37.3 Å². The zero-order valence-electron chi connectivity index (χ0n) is 8.33. The predicted octanol–water partition coefficient (Wildman–Crippen LogP) is 2.24. The second-order valence-corrected chi connectivity index (χ2v) is 3.27. The van der Waals surface area contributed by atoms with E-state index in [0.717, 1.165) is 5.57 Å².